The Morgan fingerprint density at radius 3 is 2.89 bits per heavy atom. The molecule has 1 spiro atoms. The third-order valence-electron chi connectivity index (χ3n) is 6.59. The number of hydrogen-bond acceptors (Lipinski definition) is 6. The summed E-state index contributed by atoms with van der Waals surface area (Å²) in [6.45, 7) is 2.01. The maximum absolute atomic E-state index is 14.3. The second kappa shape index (κ2) is 6.60. The van der Waals surface area contributed by atoms with E-state index in [1.54, 1.807) is 4.52 Å². The lowest BCUT2D eigenvalue weighted by Gasteiger charge is -2.42. The zero-order valence-electron chi connectivity index (χ0n) is 15.8. The number of likely N-dealkylation sites (tertiary alicyclic amines) is 1. The van der Waals surface area contributed by atoms with Crippen molar-refractivity contribution < 1.29 is 13.5 Å². The van der Waals surface area contributed by atoms with Crippen molar-refractivity contribution in [2.24, 2.45) is 0 Å². The van der Waals surface area contributed by atoms with E-state index in [1.807, 2.05) is 17.0 Å². The maximum atomic E-state index is 14.3. The van der Waals surface area contributed by atoms with Gasteiger partial charge in [0.25, 0.3) is 5.92 Å². The van der Waals surface area contributed by atoms with Crippen molar-refractivity contribution >= 4 is 11.3 Å². The Bertz CT molecular complexity index is 865. The number of nitrogens with zero attached hydrogens (tertiary/aromatic N) is 4. The van der Waals surface area contributed by atoms with Crippen LogP contribution in [0.2, 0.25) is 0 Å². The number of aromatic nitrogens is 3. The summed E-state index contributed by atoms with van der Waals surface area (Å²) in [6, 6.07) is 3.86. The number of anilines is 1. The topological polar surface area (TPSA) is 80.7 Å². The Labute approximate surface area is 162 Å². The summed E-state index contributed by atoms with van der Waals surface area (Å²) < 4.78 is 36.6. The van der Waals surface area contributed by atoms with Crippen LogP contribution in [0.5, 0.6) is 0 Å². The average Bonchev–Trinajstić information content (AvgIpc) is 3.33. The SMILES string of the molecule is Nc1ncnn2c([C@H]3CC[C@@H](CN4CC(F)(F)CC45CCNCC5)O3)ccc12. The summed E-state index contributed by atoms with van der Waals surface area (Å²) >= 11 is 0. The number of nitrogens with two attached hydrogens (primary N) is 1. The molecule has 0 aliphatic carbocycles. The molecule has 5 rings (SSSR count). The highest BCUT2D eigenvalue weighted by Gasteiger charge is 2.55. The monoisotopic (exact) mass is 392 g/mol. The minimum Gasteiger partial charge on any atom is -0.382 e. The van der Waals surface area contributed by atoms with E-state index >= 15 is 0 Å². The van der Waals surface area contributed by atoms with Crippen molar-refractivity contribution in [2.75, 3.05) is 31.9 Å². The molecule has 0 unspecified atom stereocenters. The molecule has 0 bridgehead atoms. The Balaban J connectivity index is 1.31. The Morgan fingerprint density at radius 1 is 1.25 bits per heavy atom. The van der Waals surface area contributed by atoms with Gasteiger partial charge in [-0.05, 0) is 50.9 Å². The fourth-order valence-electron chi connectivity index (χ4n) is 5.26. The largest absolute Gasteiger partial charge is 0.382 e. The van der Waals surface area contributed by atoms with Gasteiger partial charge in [-0.2, -0.15) is 5.10 Å². The zero-order chi connectivity index (χ0) is 19.4. The zero-order valence-corrected chi connectivity index (χ0v) is 15.8. The highest BCUT2D eigenvalue weighted by Crippen LogP contribution is 2.45. The van der Waals surface area contributed by atoms with E-state index in [-0.39, 0.29) is 30.7 Å². The Morgan fingerprint density at radius 2 is 2.07 bits per heavy atom. The maximum Gasteiger partial charge on any atom is 0.262 e. The lowest BCUT2D eigenvalue weighted by Crippen LogP contribution is -2.52. The van der Waals surface area contributed by atoms with E-state index in [2.05, 4.69) is 15.4 Å². The van der Waals surface area contributed by atoms with Gasteiger partial charge in [0.15, 0.2) is 5.82 Å². The first-order valence-electron chi connectivity index (χ1n) is 10.0. The van der Waals surface area contributed by atoms with Crippen LogP contribution in [0.15, 0.2) is 18.5 Å². The normalized spacial score (nSPS) is 29.8. The standard InChI is InChI=1S/C19H26F2N6O/c20-19(21)10-18(5-7-23-8-6-18)26(11-19)9-13-1-4-16(28-13)14-2-3-15-17(22)24-12-25-27(14)15/h2-3,12-13,16,23H,1,4-11H2,(H2,22,24,25)/t13-,16+/m0/s1. The van der Waals surface area contributed by atoms with Crippen LogP contribution in [-0.4, -0.2) is 63.2 Å². The molecule has 3 fully saturated rings. The Kier molecular flexibility index (Phi) is 4.29. The van der Waals surface area contributed by atoms with Crippen molar-refractivity contribution in [3.63, 3.8) is 0 Å². The van der Waals surface area contributed by atoms with E-state index in [9.17, 15) is 8.78 Å². The summed E-state index contributed by atoms with van der Waals surface area (Å²) in [7, 11) is 0. The van der Waals surface area contributed by atoms with Crippen LogP contribution in [0.3, 0.4) is 0 Å². The molecule has 5 heterocycles. The smallest absolute Gasteiger partial charge is 0.262 e. The third kappa shape index (κ3) is 3.05. The molecule has 152 valence electrons. The number of ether oxygens (including phenoxy) is 1. The van der Waals surface area contributed by atoms with Crippen LogP contribution in [0.1, 0.15) is 43.9 Å². The highest BCUT2D eigenvalue weighted by atomic mass is 19.3. The van der Waals surface area contributed by atoms with Gasteiger partial charge in [0.1, 0.15) is 17.9 Å². The molecule has 3 saturated heterocycles. The Hall–Kier alpha value is -1.84. The lowest BCUT2D eigenvalue weighted by molar-refractivity contribution is -0.0113. The van der Waals surface area contributed by atoms with Gasteiger partial charge < -0.3 is 15.8 Å². The van der Waals surface area contributed by atoms with Crippen LogP contribution < -0.4 is 11.1 Å². The van der Waals surface area contributed by atoms with Gasteiger partial charge in [-0.3, -0.25) is 4.90 Å². The number of fused-ring (bicyclic) bond motifs is 1. The summed E-state index contributed by atoms with van der Waals surface area (Å²) in [6.07, 6.45) is 4.51. The van der Waals surface area contributed by atoms with Gasteiger partial charge in [-0.25, -0.2) is 18.3 Å². The van der Waals surface area contributed by atoms with Crippen molar-refractivity contribution in [1.82, 2.24) is 24.8 Å². The number of alkyl halides is 2. The van der Waals surface area contributed by atoms with Gasteiger partial charge in [0.2, 0.25) is 0 Å². The van der Waals surface area contributed by atoms with E-state index < -0.39 is 5.92 Å². The molecular formula is C19H26F2N6O. The van der Waals surface area contributed by atoms with Gasteiger partial charge in [0, 0.05) is 18.5 Å². The average molecular weight is 392 g/mol. The molecule has 9 heteroatoms. The fourth-order valence-corrected chi connectivity index (χ4v) is 5.26. The number of halogens is 2. The van der Waals surface area contributed by atoms with E-state index in [0.717, 1.165) is 50.0 Å². The molecule has 3 aliphatic heterocycles. The second-order valence-electron chi connectivity index (χ2n) is 8.41. The lowest BCUT2D eigenvalue weighted by atomic mass is 9.85. The first-order valence-corrected chi connectivity index (χ1v) is 10.0. The van der Waals surface area contributed by atoms with Gasteiger partial charge in [0.05, 0.1) is 18.3 Å². The van der Waals surface area contributed by atoms with E-state index in [0.29, 0.717) is 12.4 Å². The molecule has 0 radical (unpaired) electrons. The summed E-state index contributed by atoms with van der Waals surface area (Å²) in [5, 5.41) is 7.59. The summed E-state index contributed by atoms with van der Waals surface area (Å²) in [5.74, 6) is -2.18. The predicted molar refractivity (Wildman–Crippen MR) is 100 cm³/mol. The molecule has 2 aromatic heterocycles. The fraction of sp³-hybridized carbons (Fsp3) is 0.684. The molecular weight excluding hydrogens is 366 g/mol. The van der Waals surface area contributed by atoms with E-state index in [4.69, 9.17) is 10.5 Å². The number of piperidine rings is 1. The van der Waals surface area contributed by atoms with Crippen LogP contribution in [0, 0.1) is 0 Å². The van der Waals surface area contributed by atoms with E-state index in [1.165, 1.54) is 6.33 Å². The van der Waals surface area contributed by atoms with Crippen molar-refractivity contribution in [3.05, 3.63) is 24.2 Å². The number of rotatable bonds is 3. The van der Waals surface area contributed by atoms with Crippen molar-refractivity contribution in [3.8, 4) is 0 Å². The number of nitrogens with one attached hydrogen (secondary N) is 1. The number of nitrogen functional groups attached to an aromatic ring is 1. The van der Waals surface area contributed by atoms with Crippen molar-refractivity contribution in [2.45, 2.75) is 55.8 Å². The highest BCUT2D eigenvalue weighted by molar-refractivity contribution is 5.65. The molecule has 28 heavy (non-hydrogen) atoms. The van der Waals surface area contributed by atoms with Gasteiger partial charge >= 0.3 is 0 Å². The number of hydrogen-bond donors (Lipinski definition) is 2. The molecule has 2 aromatic rings. The molecule has 3 aliphatic rings. The molecule has 7 nitrogen and oxygen atoms in total. The quantitative estimate of drug-likeness (QED) is 0.832. The minimum atomic E-state index is -2.61. The summed E-state index contributed by atoms with van der Waals surface area (Å²) in [5.41, 5.74) is 7.23. The molecule has 0 aromatic carbocycles. The van der Waals surface area contributed by atoms with Gasteiger partial charge in [-0.1, -0.05) is 0 Å². The van der Waals surface area contributed by atoms with Crippen LogP contribution in [0.4, 0.5) is 14.6 Å². The first kappa shape index (κ1) is 18.2. The predicted octanol–water partition coefficient (Wildman–Crippen LogP) is 1.99. The molecule has 3 N–H and O–H groups in total. The van der Waals surface area contributed by atoms with Crippen LogP contribution in [-0.2, 0) is 4.74 Å². The van der Waals surface area contributed by atoms with Crippen molar-refractivity contribution in [1.29, 1.82) is 0 Å². The minimum absolute atomic E-state index is 0.0304. The second-order valence-corrected chi connectivity index (χ2v) is 8.41. The molecule has 0 saturated carbocycles. The first-order chi connectivity index (χ1) is 13.5. The molecule has 2 atom stereocenters. The molecule has 0 amide bonds. The van der Waals surface area contributed by atoms with Crippen LogP contribution >= 0.6 is 0 Å². The van der Waals surface area contributed by atoms with Gasteiger partial charge in [-0.15, -0.1) is 0 Å². The third-order valence-corrected chi connectivity index (χ3v) is 6.59. The van der Waals surface area contributed by atoms with Crippen LogP contribution in [0.25, 0.3) is 5.52 Å². The summed E-state index contributed by atoms with van der Waals surface area (Å²) in [4.78, 5) is 6.03.